The van der Waals surface area contributed by atoms with Crippen LogP contribution in [-0.2, 0) is 6.18 Å². The highest BCUT2D eigenvalue weighted by atomic mass is 32.1. The Morgan fingerprint density at radius 2 is 1.20 bits per heavy atom. The average Bonchev–Trinajstić information content (AvgIpc) is 3.79. The molecule has 9 aromatic rings. The van der Waals surface area contributed by atoms with Crippen molar-refractivity contribution >= 4 is 94.3 Å². The Balaban J connectivity index is 0.000000168. The molecule has 56 heavy (non-hydrogen) atoms. The number of hydrogen-bond donors (Lipinski definition) is 4. The van der Waals surface area contributed by atoms with Gasteiger partial charge in [0.2, 0.25) is 11.9 Å². The van der Waals surface area contributed by atoms with Crippen LogP contribution in [-0.4, -0.2) is 42.8 Å². The van der Waals surface area contributed by atoms with Gasteiger partial charge in [0.1, 0.15) is 5.82 Å². The predicted molar refractivity (Wildman–Crippen MR) is 224 cm³/mol. The van der Waals surface area contributed by atoms with E-state index in [2.05, 4.69) is 69.8 Å². The van der Waals surface area contributed by atoms with Gasteiger partial charge in [-0.2, -0.15) is 21.9 Å². The van der Waals surface area contributed by atoms with Gasteiger partial charge in [-0.1, -0.05) is 30.3 Å². The Morgan fingerprint density at radius 1 is 0.643 bits per heavy atom. The maximum Gasteiger partial charge on any atom is 0.416 e. The fraction of sp³-hybridized carbons (Fsp3) is 0.122. The molecule has 0 saturated carbocycles. The van der Waals surface area contributed by atoms with Crippen molar-refractivity contribution in [1.29, 1.82) is 0 Å². The third-order valence-electron chi connectivity index (χ3n) is 9.36. The summed E-state index contributed by atoms with van der Waals surface area (Å²) in [6.45, 7) is 4.13. The van der Waals surface area contributed by atoms with E-state index in [0.29, 0.717) is 29.2 Å². The second-order valence-electron chi connectivity index (χ2n) is 13.0. The van der Waals surface area contributed by atoms with Crippen LogP contribution < -0.4 is 21.7 Å². The Kier molecular flexibility index (Phi) is 9.56. The van der Waals surface area contributed by atoms with Crippen molar-refractivity contribution in [2.45, 2.75) is 20.0 Å². The van der Waals surface area contributed by atoms with E-state index in [1.807, 2.05) is 62.6 Å². The lowest BCUT2D eigenvalue weighted by molar-refractivity contribution is -0.137. The normalized spacial score (nSPS) is 11.6. The van der Waals surface area contributed by atoms with E-state index < -0.39 is 11.7 Å². The molecule has 0 aliphatic carbocycles. The van der Waals surface area contributed by atoms with E-state index in [4.69, 9.17) is 5.73 Å². The number of benzene rings is 5. The van der Waals surface area contributed by atoms with Gasteiger partial charge in [0.15, 0.2) is 5.82 Å². The zero-order valence-corrected chi connectivity index (χ0v) is 32.1. The molecular weight excluding hydrogens is 754 g/mol. The van der Waals surface area contributed by atoms with Gasteiger partial charge in [-0.15, -0.1) is 0 Å². The van der Waals surface area contributed by atoms with Crippen LogP contribution in [0.15, 0.2) is 97.3 Å². The lowest BCUT2D eigenvalue weighted by Crippen LogP contribution is -2.05. The maximum atomic E-state index is 13.1. The summed E-state index contributed by atoms with van der Waals surface area (Å²) in [4.78, 5) is 17.5. The number of alkyl halides is 3. The Morgan fingerprint density at radius 3 is 1.77 bits per heavy atom. The van der Waals surface area contributed by atoms with Crippen LogP contribution >= 0.6 is 23.1 Å². The SMILES string of the molecule is CNc1ncc2cc(-c3c(C)ccc4c(N)nsc34)ccc2n1.CNc1ncc2cc(-c3c(C)ccc4c(Nc5cccc(C(F)(F)F)c5)nsc34)ccc2n1. The molecule has 4 aromatic heterocycles. The van der Waals surface area contributed by atoms with Gasteiger partial charge in [0, 0.05) is 64.8 Å². The lowest BCUT2D eigenvalue weighted by Gasteiger charge is -2.11. The fourth-order valence-corrected chi connectivity index (χ4v) is 8.45. The second kappa shape index (κ2) is 14.7. The molecule has 15 heteroatoms. The minimum absolute atomic E-state index is 0.336. The third kappa shape index (κ3) is 6.97. The first-order valence-corrected chi connectivity index (χ1v) is 18.9. The number of nitrogens with zero attached hydrogens (tertiary/aromatic N) is 6. The number of fused-ring (bicyclic) bond motifs is 4. The summed E-state index contributed by atoms with van der Waals surface area (Å²) < 4.78 is 50.1. The molecule has 280 valence electrons. The zero-order chi connectivity index (χ0) is 39.1. The van der Waals surface area contributed by atoms with E-state index in [1.165, 1.54) is 40.3 Å². The van der Waals surface area contributed by atoms with Gasteiger partial charge in [0.05, 0.1) is 26.0 Å². The summed E-state index contributed by atoms with van der Waals surface area (Å²) in [7, 11) is 3.59. The van der Waals surface area contributed by atoms with Gasteiger partial charge in [-0.25, -0.2) is 19.9 Å². The molecule has 0 aliphatic rings. The Labute approximate surface area is 327 Å². The van der Waals surface area contributed by atoms with Crippen LogP contribution in [0.5, 0.6) is 0 Å². The van der Waals surface area contributed by atoms with Gasteiger partial charge < -0.3 is 21.7 Å². The first-order valence-electron chi connectivity index (χ1n) is 17.4. The topological polar surface area (TPSA) is 139 Å². The molecule has 0 spiro atoms. The first kappa shape index (κ1) is 36.5. The molecular formula is C41H33F3N10S2. The van der Waals surface area contributed by atoms with Crippen molar-refractivity contribution in [3.8, 4) is 22.3 Å². The summed E-state index contributed by atoms with van der Waals surface area (Å²) in [6, 6.07) is 25.4. The molecule has 5 aromatic carbocycles. The fourth-order valence-electron chi connectivity index (χ4n) is 6.56. The van der Waals surface area contributed by atoms with Crippen molar-refractivity contribution in [2.24, 2.45) is 0 Å². The van der Waals surface area contributed by atoms with Crippen LogP contribution in [0.4, 0.5) is 42.4 Å². The molecule has 0 saturated heterocycles. The molecule has 5 N–H and O–H groups in total. The molecule has 10 nitrogen and oxygen atoms in total. The number of halogens is 3. The number of rotatable bonds is 6. The average molecular weight is 787 g/mol. The second-order valence-corrected chi connectivity index (χ2v) is 14.6. The summed E-state index contributed by atoms with van der Waals surface area (Å²) in [5.41, 5.74) is 14.0. The van der Waals surface area contributed by atoms with E-state index in [9.17, 15) is 13.2 Å². The van der Waals surface area contributed by atoms with Crippen LogP contribution in [0.3, 0.4) is 0 Å². The van der Waals surface area contributed by atoms with Gasteiger partial charge >= 0.3 is 6.18 Å². The molecule has 0 aliphatic heterocycles. The maximum absolute atomic E-state index is 13.1. The number of aryl methyl sites for hydroxylation is 2. The van der Waals surface area contributed by atoms with E-state index >= 15 is 0 Å². The third-order valence-corrected chi connectivity index (χ3v) is 11.1. The monoisotopic (exact) mass is 786 g/mol. The molecule has 0 atom stereocenters. The summed E-state index contributed by atoms with van der Waals surface area (Å²) in [5.74, 6) is 2.30. The molecule has 0 radical (unpaired) electrons. The highest BCUT2D eigenvalue weighted by Crippen LogP contribution is 2.41. The zero-order valence-electron chi connectivity index (χ0n) is 30.4. The van der Waals surface area contributed by atoms with E-state index in [0.717, 1.165) is 76.4 Å². The molecule has 4 heterocycles. The standard InChI is InChI=1S/C24H18F3N5S.C17H15N5S/c1-13-6-8-18-21(20(13)14-7-9-19-15(10-14)12-29-23(28-2)31-19)33-32-22(18)30-17-5-3-4-16(11-17)24(25,26)27;1-9-3-5-12-15(23-22-16(12)18)14(9)10-4-6-13-11(7-10)8-20-17(19-2)21-13/h3-12H,1-2H3,(H,30,32)(H,28,29,31);3-8H,1-2H3,(H2,18,22)(H,19,20,21). The Hall–Kier alpha value is -6.45. The van der Waals surface area contributed by atoms with Crippen molar-refractivity contribution < 1.29 is 13.2 Å². The summed E-state index contributed by atoms with van der Waals surface area (Å²) >= 11 is 2.76. The quantitative estimate of drug-likeness (QED) is 0.129. The number of nitrogens with two attached hydrogens (primary N) is 1. The highest BCUT2D eigenvalue weighted by Gasteiger charge is 2.30. The van der Waals surface area contributed by atoms with E-state index in [1.54, 1.807) is 19.3 Å². The number of hydrogen-bond acceptors (Lipinski definition) is 12. The number of aromatic nitrogens is 6. The van der Waals surface area contributed by atoms with Crippen LogP contribution in [0, 0.1) is 13.8 Å². The largest absolute Gasteiger partial charge is 0.416 e. The number of nitrogens with one attached hydrogen (secondary N) is 3. The molecule has 0 bridgehead atoms. The summed E-state index contributed by atoms with van der Waals surface area (Å²) in [6.07, 6.45) is -0.783. The Bertz CT molecular complexity index is 2920. The first-order chi connectivity index (χ1) is 27.0. The van der Waals surface area contributed by atoms with E-state index in [-0.39, 0.29) is 0 Å². The van der Waals surface area contributed by atoms with Crippen molar-refractivity contribution in [1.82, 2.24) is 28.7 Å². The van der Waals surface area contributed by atoms with Crippen molar-refractivity contribution in [3.63, 3.8) is 0 Å². The van der Waals surface area contributed by atoms with Crippen molar-refractivity contribution in [3.05, 3.63) is 114 Å². The minimum atomic E-state index is -4.40. The minimum Gasteiger partial charge on any atom is -0.382 e. The lowest BCUT2D eigenvalue weighted by atomic mass is 9.98. The molecule has 0 fully saturated rings. The van der Waals surface area contributed by atoms with Gasteiger partial charge in [-0.3, -0.25) is 0 Å². The summed E-state index contributed by atoms with van der Waals surface area (Å²) in [5, 5.41) is 12.7. The highest BCUT2D eigenvalue weighted by molar-refractivity contribution is 7.14. The van der Waals surface area contributed by atoms with Crippen molar-refractivity contribution in [2.75, 3.05) is 35.8 Å². The van der Waals surface area contributed by atoms with Gasteiger partial charge in [-0.05, 0) is 114 Å². The van der Waals surface area contributed by atoms with Crippen LogP contribution in [0.25, 0.3) is 64.2 Å². The van der Waals surface area contributed by atoms with Gasteiger partial charge in [0.25, 0.3) is 0 Å². The number of nitrogen functional groups attached to an aromatic ring is 1. The molecule has 0 amide bonds. The van der Waals surface area contributed by atoms with Crippen LogP contribution in [0.2, 0.25) is 0 Å². The predicted octanol–water partition coefficient (Wildman–Crippen LogP) is 10.9. The number of anilines is 5. The smallest absolute Gasteiger partial charge is 0.382 e. The molecule has 0 unspecified atom stereocenters. The van der Waals surface area contributed by atoms with Crippen LogP contribution in [0.1, 0.15) is 16.7 Å². The molecule has 9 rings (SSSR count).